The van der Waals surface area contributed by atoms with Gasteiger partial charge in [0.05, 0.1) is 6.04 Å². The average molecular weight is 256 g/mol. The van der Waals surface area contributed by atoms with E-state index in [0.29, 0.717) is 19.6 Å². The van der Waals surface area contributed by atoms with Crippen molar-refractivity contribution in [3.05, 3.63) is 0 Å². The van der Waals surface area contributed by atoms with E-state index < -0.39 is 11.2 Å². The molecule has 1 atom stereocenters. The first-order chi connectivity index (χ1) is 8.32. The molecule has 2 saturated heterocycles. The van der Waals surface area contributed by atoms with Gasteiger partial charge in [0, 0.05) is 19.6 Å². The maximum Gasteiger partial charge on any atom is 0.410 e. The Morgan fingerprint density at radius 2 is 2.06 bits per heavy atom. The van der Waals surface area contributed by atoms with E-state index in [0.717, 1.165) is 19.3 Å². The Kier molecular flexibility index (Phi) is 3.56. The molecule has 0 aromatic rings. The van der Waals surface area contributed by atoms with Gasteiger partial charge in [0.2, 0.25) is 0 Å². The molecule has 0 aromatic heterocycles. The SMILES string of the molecule is CC(C)(C)OC(=O)N1CCCC[C@@H]1C1(O)CNC1. The van der Waals surface area contributed by atoms with Crippen LogP contribution in [-0.4, -0.2) is 53.0 Å². The van der Waals surface area contributed by atoms with E-state index in [1.54, 1.807) is 4.90 Å². The number of ether oxygens (including phenoxy) is 1. The number of β-amino-alcohol motifs (C(OH)–C–C–N with tert-alkyl or cyclic N) is 1. The zero-order valence-electron chi connectivity index (χ0n) is 11.5. The Morgan fingerprint density at radius 1 is 1.39 bits per heavy atom. The first-order valence-electron chi connectivity index (χ1n) is 6.75. The molecule has 0 aromatic carbocycles. The van der Waals surface area contributed by atoms with Gasteiger partial charge in [-0.05, 0) is 40.0 Å². The van der Waals surface area contributed by atoms with Gasteiger partial charge in [-0.25, -0.2) is 4.79 Å². The second-order valence-corrected chi connectivity index (χ2v) is 6.39. The third-order valence-corrected chi connectivity index (χ3v) is 3.61. The number of likely N-dealkylation sites (tertiary alicyclic amines) is 1. The third-order valence-electron chi connectivity index (χ3n) is 3.61. The second-order valence-electron chi connectivity index (χ2n) is 6.39. The van der Waals surface area contributed by atoms with Gasteiger partial charge >= 0.3 is 6.09 Å². The second kappa shape index (κ2) is 4.70. The molecular formula is C13H24N2O3. The summed E-state index contributed by atoms with van der Waals surface area (Å²) >= 11 is 0. The van der Waals surface area contributed by atoms with E-state index >= 15 is 0 Å². The minimum absolute atomic E-state index is 0.109. The molecule has 2 N–H and O–H groups in total. The molecule has 2 aliphatic heterocycles. The number of rotatable bonds is 1. The van der Waals surface area contributed by atoms with Crippen molar-refractivity contribution in [3.8, 4) is 0 Å². The number of carbonyl (C=O) groups excluding carboxylic acids is 1. The summed E-state index contributed by atoms with van der Waals surface area (Å²) in [5.74, 6) is 0. The summed E-state index contributed by atoms with van der Waals surface area (Å²) in [4.78, 5) is 13.9. The van der Waals surface area contributed by atoms with Crippen LogP contribution in [0.25, 0.3) is 0 Å². The van der Waals surface area contributed by atoms with Gasteiger partial charge in [-0.1, -0.05) is 0 Å². The van der Waals surface area contributed by atoms with Crippen LogP contribution in [0.3, 0.4) is 0 Å². The number of nitrogens with zero attached hydrogens (tertiary/aromatic N) is 1. The highest BCUT2D eigenvalue weighted by Crippen LogP contribution is 2.30. The molecule has 2 heterocycles. The molecule has 2 aliphatic rings. The van der Waals surface area contributed by atoms with Crippen molar-refractivity contribution in [2.75, 3.05) is 19.6 Å². The van der Waals surface area contributed by atoms with Crippen LogP contribution in [-0.2, 0) is 4.74 Å². The first kappa shape index (κ1) is 13.6. The number of aliphatic hydroxyl groups is 1. The van der Waals surface area contributed by atoms with Gasteiger partial charge in [-0.3, -0.25) is 0 Å². The van der Waals surface area contributed by atoms with E-state index in [1.165, 1.54) is 0 Å². The van der Waals surface area contributed by atoms with E-state index in [1.807, 2.05) is 20.8 Å². The van der Waals surface area contributed by atoms with Crippen LogP contribution in [0, 0.1) is 0 Å². The third kappa shape index (κ3) is 2.78. The van der Waals surface area contributed by atoms with E-state index in [9.17, 15) is 9.90 Å². The molecule has 5 heteroatoms. The molecule has 104 valence electrons. The molecule has 2 fully saturated rings. The highest BCUT2D eigenvalue weighted by Gasteiger charge is 2.48. The van der Waals surface area contributed by atoms with Crippen LogP contribution in [0.2, 0.25) is 0 Å². The Labute approximate surface area is 108 Å². The lowest BCUT2D eigenvalue weighted by molar-refractivity contribution is -0.0953. The summed E-state index contributed by atoms with van der Waals surface area (Å²) in [6.45, 7) is 7.41. The summed E-state index contributed by atoms with van der Waals surface area (Å²) in [6.07, 6.45) is 2.61. The van der Waals surface area contributed by atoms with Gasteiger partial charge in [-0.2, -0.15) is 0 Å². The maximum atomic E-state index is 12.2. The average Bonchev–Trinajstić information content (AvgIpc) is 2.23. The predicted molar refractivity (Wildman–Crippen MR) is 68.4 cm³/mol. The zero-order valence-corrected chi connectivity index (χ0v) is 11.5. The fraction of sp³-hybridized carbons (Fsp3) is 0.923. The monoisotopic (exact) mass is 256 g/mol. The van der Waals surface area contributed by atoms with E-state index in [4.69, 9.17) is 4.74 Å². The lowest BCUT2D eigenvalue weighted by Gasteiger charge is -2.50. The summed E-state index contributed by atoms with van der Waals surface area (Å²) in [7, 11) is 0. The Balaban J connectivity index is 2.06. The maximum absolute atomic E-state index is 12.2. The lowest BCUT2D eigenvalue weighted by Crippen LogP contribution is -2.71. The topological polar surface area (TPSA) is 61.8 Å². The molecule has 2 rings (SSSR count). The number of carbonyl (C=O) groups is 1. The van der Waals surface area contributed by atoms with E-state index in [2.05, 4.69) is 5.32 Å². The van der Waals surface area contributed by atoms with Gasteiger partial charge in [0.15, 0.2) is 0 Å². The fourth-order valence-electron chi connectivity index (χ4n) is 2.65. The quantitative estimate of drug-likeness (QED) is 0.738. The minimum Gasteiger partial charge on any atom is -0.444 e. The number of amides is 1. The van der Waals surface area contributed by atoms with Crippen LogP contribution in [0.1, 0.15) is 40.0 Å². The van der Waals surface area contributed by atoms with Crippen molar-refractivity contribution >= 4 is 6.09 Å². The van der Waals surface area contributed by atoms with Gasteiger partial charge in [-0.15, -0.1) is 0 Å². The summed E-state index contributed by atoms with van der Waals surface area (Å²) < 4.78 is 5.43. The fourth-order valence-corrected chi connectivity index (χ4v) is 2.65. The summed E-state index contributed by atoms with van der Waals surface area (Å²) in [5.41, 5.74) is -1.25. The number of hydrogen-bond acceptors (Lipinski definition) is 4. The molecule has 0 unspecified atom stereocenters. The van der Waals surface area contributed by atoms with Crippen LogP contribution in [0.4, 0.5) is 4.79 Å². The van der Waals surface area contributed by atoms with Gasteiger partial charge in [0.25, 0.3) is 0 Å². The summed E-state index contributed by atoms with van der Waals surface area (Å²) in [6, 6.07) is -0.109. The van der Waals surface area contributed by atoms with Crippen molar-refractivity contribution in [3.63, 3.8) is 0 Å². The van der Waals surface area contributed by atoms with Gasteiger partial charge < -0.3 is 20.1 Å². The lowest BCUT2D eigenvalue weighted by atomic mass is 9.82. The minimum atomic E-state index is -0.767. The highest BCUT2D eigenvalue weighted by atomic mass is 16.6. The number of piperidine rings is 1. The smallest absolute Gasteiger partial charge is 0.410 e. The van der Waals surface area contributed by atoms with E-state index in [-0.39, 0.29) is 12.1 Å². The molecule has 0 aliphatic carbocycles. The predicted octanol–water partition coefficient (Wildman–Crippen LogP) is 1.11. The zero-order chi connectivity index (χ0) is 13.4. The molecule has 0 saturated carbocycles. The molecule has 5 nitrogen and oxygen atoms in total. The van der Waals surface area contributed by atoms with Crippen LogP contribution < -0.4 is 5.32 Å². The molecule has 18 heavy (non-hydrogen) atoms. The van der Waals surface area contributed by atoms with Crippen LogP contribution in [0.5, 0.6) is 0 Å². The molecular weight excluding hydrogens is 232 g/mol. The molecule has 0 bridgehead atoms. The van der Waals surface area contributed by atoms with Crippen molar-refractivity contribution in [1.82, 2.24) is 10.2 Å². The molecule has 0 spiro atoms. The molecule has 0 radical (unpaired) electrons. The first-order valence-corrected chi connectivity index (χ1v) is 6.75. The van der Waals surface area contributed by atoms with Crippen LogP contribution in [0.15, 0.2) is 0 Å². The highest BCUT2D eigenvalue weighted by molar-refractivity contribution is 5.69. The Morgan fingerprint density at radius 3 is 2.56 bits per heavy atom. The Bertz CT molecular complexity index is 321. The number of nitrogens with one attached hydrogen (secondary N) is 1. The van der Waals surface area contributed by atoms with Gasteiger partial charge in [0.1, 0.15) is 11.2 Å². The van der Waals surface area contributed by atoms with Crippen LogP contribution >= 0.6 is 0 Å². The van der Waals surface area contributed by atoms with Crippen molar-refractivity contribution < 1.29 is 14.6 Å². The Hall–Kier alpha value is -0.810. The van der Waals surface area contributed by atoms with Crippen molar-refractivity contribution in [1.29, 1.82) is 0 Å². The molecule has 1 amide bonds. The largest absolute Gasteiger partial charge is 0.444 e. The van der Waals surface area contributed by atoms with Crippen molar-refractivity contribution in [2.24, 2.45) is 0 Å². The standard InChI is InChI=1S/C13H24N2O3/c1-12(2,3)18-11(16)15-7-5-4-6-10(15)13(17)8-14-9-13/h10,14,17H,4-9H2,1-3H3/t10-/m1/s1. The summed E-state index contributed by atoms with van der Waals surface area (Å²) in [5, 5.41) is 13.5. The normalized spacial score (nSPS) is 27.6. The van der Waals surface area contributed by atoms with Crippen molar-refractivity contribution in [2.45, 2.75) is 57.3 Å². The number of hydrogen-bond donors (Lipinski definition) is 2.